The highest BCUT2D eigenvalue weighted by atomic mass is 32.2. The number of hydrogen-bond donors (Lipinski definition) is 2. The lowest BCUT2D eigenvalue weighted by Gasteiger charge is -2.29. The fraction of sp³-hybridized carbons (Fsp3) is 0.909. The van der Waals surface area contributed by atoms with Crippen LogP contribution in [0.5, 0.6) is 0 Å². The van der Waals surface area contributed by atoms with E-state index in [2.05, 4.69) is 12.2 Å². The number of amides is 1. The summed E-state index contributed by atoms with van der Waals surface area (Å²) in [5.74, 6) is 2.08. The summed E-state index contributed by atoms with van der Waals surface area (Å²) >= 11 is 1.82. The van der Waals surface area contributed by atoms with Crippen LogP contribution in [0.4, 0.5) is 0 Å². The van der Waals surface area contributed by atoms with Gasteiger partial charge in [-0.25, -0.2) is 0 Å². The lowest BCUT2D eigenvalue weighted by Crippen LogP contribution is -2.51. The molecule has 0 spiro atoms. The predicted octanol–water partition coefficient (Wildman–Crippen LogP) is 0.312. The van der Waals surface area contributed by atoms with Crippen molar-refractivity contribution < 1.29 is 9.90 Å². The van der Waals surface area contributed by atoms with Crippen molar-refractivity contribution in [2.75, 3.05) is 37.7 Å². The van der Waals surface area contributed by atoms with Crippen molar-refractivity contribution in [1.29, 1.82) is 0 Å². The van der Waals surface area contributed by atoms with Gasteiger partial charge >= 0.3 is 0 Å². The van der Waals surface area contributed by atoms with Crippen LogP contribution in [0.25, 0.3) is 0 Å². The highest BCUT2D eigenvalue weighted by molar-refractivity contribution is 7.99. The molecule has 1 atom stereocenters. The molecule has 1 unspecified atom stereocenters. The number of carbonyl (C=O) groups excluding carboxylic acids is 1. The van der Waals surface area contributed by atoms with Gasteiger partial charge in [-0.15, -0.1) is 0 Å². The molecule has 0 radical (unpaired) electrons. The van der Waals surface area contributed by atoms with Crippen LogP contribution in [0.15, 0.2) is 0 Å². The van der Waals surface area contributed by atoms with Crippen molar-refractivity contribution in [3.05, 3.63) is 0 Å². The largest absolute Gasteiger partial charge is 0.395 e. The van der Waals surface area contributed by atoms with Gasteiger partial charge in [-0.05, 0) is 6.42 Å². The second kappa shape index (κ2) is 7.92. The van der Waals surface area contributed by atoms with Crippen LogP contribution in [-0.2, 0) is 4.79 Å². The van der Waals surface area contributed by atoms with Crippen LogP contribution in [0.1, 0.15) is 19.8 Å². The predicted molar refractivity (Wildman–Crippen MR) is 67.7 cm³/mol. The average Bonchev–Trinajstić information content (AvgIpc) is 2.35. The monoisotopic (exact) mass is 246 g/mol. The Morgan fingerprint density at radius 3 is 2.94 bits per heavy atom. The molecule has 0 bridgehead atoms. The summed E-state index contributed by atoms with van der Waals surface area (Å²) in [6.07, 6.45) is 2.08. The summed E-state index contributed by atoms with van der Waals surface area (Å²) in [4.78, 5) is 13.9. The van der Waals surface area contributed by atoms with Gasteiger partial charge in [0.05, 0.1) is 12.6 Å². The molecule has 1 rings (SSSR count). The number of aliphatic hydroxyl groups excluding tert-OH is 1. The van der Waals surface area contributed by atoms with E-state index in [9.17, 15) is 4.79 Å². The molecule has 94 valence electrons. The van der Waals surface area contributed by atoms with Gasteiger partial charge in [0.25, 0.3) is 0 Å². The average molecular weight is 246 g/mol. The molecule has 0 aromatic carbocycles. The molecule has 0 saturated carbocycles. The summed E-state index contributed by atoms with van der Waals surface area (Å²) in [5, 5.41) is 12.2. The zero-order valence-electron chi connectivity index (χ0n) is 9.95. The van der Waals surface area contributed by atoms with E-state index in [1.807, 2.05) is 11.8 Å². The number of carbonyl (C=O) groups is 1. The van der Waals surface area contributed by atoms with E-state index >= 15 is 0 Å². The Balaban J connectivity index is 2.44. The van der Waals surface area contributed by atoms with Crippen molar-refractivity contribution in [1.82, 2.24) is 10.2 Å². The van der Waals surface area contributed by atoms with E-state index in [0.717, 1.165) is 37.4 Å². The number of thioether (sulfide) groups is 1. The van der Waals surface area contributed by atoms with E-state index < -0.39 is 0 Å². The van der Waals surface area contributed by atoms with Gasteiger partial charge in [0.15, 0.2) is 0 Å². The third kappa shape index (κ3) is 4.31. The number of unbranched alkanes of at least 4 members (excludes halogenated alkanes) is 1. The van der Waals surface area contributed by atoms with Crippen LogP contribution in [0.2, 0.25) is 0 Å². The molecule has 1 amide bonds. The van der Waals surface area contributed by atoms with Crippen LogP contribution in [0, 0.1) is 0 Å². The van der Waals surface area contributed by atoms with Gasteiger partial charge < -0.3 is 15.3 Å². The van der Waals surface area contributed by atoms with E-state index in [1.165, 1.54) is 0 Å². The van der Waals surface area contributed by atoms with E-state index in [0.29, 0.717) is 6.54 Å². The lowest BCUT2D eigenvalue weighted by molar-refractivity contribution is -0.133. The van der Waals surface area contributed by atoms with Crippen LogP contribution in [-0.4, -0.2) is 59.7 Å². The number of aliphatic hydroxyl groups is 1. The zero-order chi connectivity index (χ0) is 11.8. The minimum atomic E-state index is -0.0536. The Hall–Kier alpha value is -0.260. The van der Waals surface area contributed by atoms with Crippen molar-refractivity contribution >= 4 is 17.7 Å². The molecule has 1 heterocycles. The van der Waals surface area contributed by atoms with Gasteiger partial charge in [-0.2, -0.15) is 11.8 Å². The Bertz CT molecular complexity index is 208. The molecular weight excluding hydrogens is 224 g/mol. The molecular formula is C11H22N2O2S. The van der Waals surface area contributed by atoms with Crippen LogP contribution in [0.3, 0.4) is 0 Å². The van der Waals surface area contributed by atoms with E-state index in [4.69, 9.17) is 5.11 Å². The lowest BCUT2D eigenvalue weighted by atomic mass is 10.2. The summed E-state index contributed by atoms with van der Waals surface area (Å²) < 4.78 is 0. The smallest absolute Gasteiger partial charge is 0.240 e. The van der Waals surface area contributed by atoms with Gasteiger partial charge in [0.1, 0.15) is 0 Å². The molecule has 0 aromatic rings. The fourth-order valence-corrected chi connectivity index (χ4v) is 2.67. The maximum Gasteiger partial charge on any atom is 0.240 e. The normalized spacial score (nSPS) is 20.8. The van der Waals surface area contributed by atoms with Crippen LogP contribution >= 0.6 is 11.8 Å². The van der Waals surface area contributed by atoms with Crippen LogP contribution < -0.4 is 5.32 Å². The number of rotatable bonds is 6. The Labute approximate surface area is 102 Å². The Kier molecular flexibility index (Phi) is 6.84. The molecule has 4 nitrogen and oxygen atoms in total. The maximum atomic E-state index is 12.1. The first-order valence-corrected chi connectivity index (χ1v) is 7.15. The molecule has 1 saturated heterocycles. The van der Waals surface area contributed by atoms with Crippen molar-refractivity contribution in [2.45, 2.75) is 25.8 Å². The van der Waals surface area contributed by atoms with Crippen molar-refractivity contribution in [2.24, 2.45) is 0 Å². The standard InChI is InChI=1S/C11H22N2O2S/c1-2-3-5-13(6-7-14)11(15)10-9-16-8-4-12-10/h10,12,14H,2-9H2,1H3. The first-order valence-electron chi connectivity index (χ1n) is 6.00. The summed E-state index contributed by atoms with van der Waals surface area (Å²) in [5.41, 5.74) is 0. The number of nitrogens with one attached hydrogen (secondary N) is 1. The summed E-state index contributed by atoms with van der Waals surface area (Å²) in [6.45, 7) is 4.29. The SMILES string of the molecule is CCCCN(CCO)C(=O)C1CSCCN1. The summed E-state index contributed by atoms with van der Waals surface area (Å²) in [6, 6.07) is -0.0536. The highest BCUT2D eigenvalue weighted by Gasteiger charge is 2.25. The van der Waals surface area contributed by atoms with Gasteiger partial charge in [-0.1, -0.05) is 13.3 Å². The second-order valence-electron chi connectivity index (χ2n) is 3.98. The topological polar surface area (TPSA) is 52.6 Å². The van der Waals surface area contributed by atoms with Gasteiger partial charge in [0.2, 0.25) is 5.91 Å². The molecule has 0 aromatic heterocycles. The Morgan fingerprint density at radius 2 is 2.38 bits per heavy atom. The highest BCUT2D eigenvalue weighted by Crippen LogP contribution is 2.10. The molecule has 0 aliphatic carbocycles. The fourth-order valence-electron chi connectivity index (χ4n) is 1.75. The summed E-state index contributed by atoms with van der Waals surface area (Å²) in [7, 11) is 0. The van der Waals surface area contributed by atoms with E-state index in [1.54, 1.807) is 4.90 Å². The van der Waals surface area contributed by atoms with Crippen molar-refractivity contribution in [3.8, 4) is 0 Å². The first kappa shape index (κ1) is 13.8. The molecule has 5 heteroatoms. The number of nitrogens with zero attached hydrogens (tertiary/aromatic N) is 1. The number of hydrogen-bond acceptors (Lipinski definition) is 4. The van der Waals surface area contributed by atoms with E-state index in [-0.39, 0.29) is 18.6 Å². The first-order chi connectivity index (χ1) is 7.79. The molecule has 1 aliphatic heterocycles. The molecule has 1 fully saturated rings. The minimum absolute atomic E-state index is 0.0509. The molecule has 1 aliphatic rings. The molecule has 2 N–H and O–H groups in total. The third-order valence-corrected chi connectivity index (χ3v) is 3.74. The minimum Gasteiger partial charge on any atom is -0.395 e. The Morgan fingerprint density at radius 1 is 1.56 bits per heavy atom. The van der Waals surface area contributed by atoms with Crippen molar-refractivity contribution in [3.63, 3.8) is 0 Å². The second-order valence-corrected chi connectivity index (χ2v) is 5.13. The molecule has 16 heavy (non-hydrogen) atoms. The maximum absolute atomic E-state index is 12.1. The van der Waals surface area contributed by atoms with Gasteiger partial charge in [-0.3, -0.25) is 4.79 Å². The third-order valence-electron chi connectivity index (χ3n) is 2.68. The van der Waals surface area contributed by atoms with Gasteiger partial charge in [0, 0.05) is 31.1 Å². The quantitative estimate of drug-likeness (QED) is 0.708. The zero-order valence-corrected chi connectivity index (χ0v) is 10.8.